The summed E-state index contributed by atoms with van der Waals surface area (Å²) in [6, 6.07) is -0.0101. The molecule has 1 atom stereocenters. The minimum Gasteiger partial charge on any atom is -0.465 e. The maximum Gasteiger partial charge on any atom is 0.404 e. The van der Waals surface area contributed by atoms with E-state index in [4.69, 9.17) is 5.11 Å². The van der Waals surface area contributed by atoms with E-state index < -0.39 is 6.09 Å². The van der Waals surface area contributed by atoms with Gasteiger partial charge in [0.15, 0.2) is 0 Å². The molecule has 1 unspecified atom stereocenters. The Hall–Kier alpha value is -1.65. The van der Waals surface area contributed by atoms with Gasteiger partial charge in [-0.2, -0.15) is 0 Å². The van der Waals surface area contributed by atoms with E-state index >= 15 is 0 Å². The maximum atomic E-state index is 11.1. The molecule has 0 aromatic rings. The lowest BCUT2D eigenvalue weighted by Crippen LogP contribution is -2.36. The van der Waals surface area contributed by atoms with Crippen molar-refractivity contribution in [2.45, 2.75) is 25.3 Å². The summed E-state index contributed by atoms with van der Waals surface area (Å²) in [4.78, 5) is 21.5. The van der Waals surface area contributed by atoms with Crippen LogP contribution in [-0.2, 0) is 0 Å². The highest BCUT2D eigenvalue weighted by Gasteiger charge is 2.26. The fourth-order valence-electron chi connectivity index (χ4n) is 2.10. The Morgan fingerprint density at radius 2 is 2.40 bits per heavy atom. The van der Waals surface area contributed by atoms with Gasteiger partial charge in [-0.25, -0.2) is 4.79 Å². The van der Waals surface area contributed by atoms with Crippen LogP contribution in [0.3, 0.4) is 0 Å². The number of amides is 1. The molecule has 0 saturated heterocycles. The van der Waals surface area contributed by atoms with Crippen LogP contribution >= 0.6 is 0 Å². The number of carbonyl (C=O) groups is 1. The molecule has 0 saturated carbocycles. The summed E-state index contributed by atoms with van der Waals surface area (Å²) in [6.45, 7) is 0.436. The highest BCUT2D eigenvalue weighted by atomic mass is 16.4. The molecule has 0 spiro atoms. The van der Waals surface area contributed by atoms with Gasteiger partial charge in [0.25, 0.3) is 0 Å². The van der Waals surface area contributed by atoms with Crippen LogP contribution in [0.2, 0.25) is 0 Å². The predicted molar refractivity (Wildman–Crippen MR) is 53.5 cm³/mol. The fourth-order valence-corrected chi connectivity index (χ4v) is 2.10. The molecule has 80 valence electrons. The molecule has 1 heterocycles. The molecule has 0 radical (unpaired) electrons. The molecule has 0 aromatic carbocycles. The van der Waals surface area contributed by atoms with Gasteiger partial charge in [-0.05, 0) is 24.8 Å². The van der Waals surface area contributed by atoms with Crippen LogP contribution in [0.4, 0.5) is 4.79 Å². The molecule has 2 rings (SSSR count). The molecule has 1 aliphatic heterocycles. The second kappa shape index (κ2) is 3.84. The fraction of sp³-hybridized carbons (Fsp3) is 0.500. The lowest BCUT2D eigenvalue weighted by molar-refractivity contribution is -0.472. The minimum atomic E-state index is -0.978. The molecule has 2 N–H and O–H groups in total. The van der Waals surface area contributed by atoms with Crippen LogP contribution in [0, 0.1) is 4.91 Å². The van der Waals surface area contributed by atoms with Crippen LogP contribution in [0.25, 0.3) is 0 Å². The predicted octanol–water partition coefficient (Wildman–Crippen LogP) is 1.41. The van der Waals surface area contributed by atoms with Crippen molar-refractivity contribution in [2.24, 2.45) is 0 Å². The molecular weight excluding hydrogens is 196 g/mol. The van der Waals surface area contributed by atoms with Gasteiger partial charge in [0, 0.05) is 27.4 Å². The number of carboxylic acid groups (broad SMARTS) is 1. The molecule has 5 nitrogen and oxygen atoms in total. The van der Waals surface area contributed by atoms with E-state index in [0.29, 0.717) is 13.0 Å². The van der Waals surface area contributed by atoms with Gasteiger partial charge in [-0.15, -0.1) is 0 Å². The summed E-state index contributed by atoms with van der Waals surface area (Å²) in [5.74, 6) is 0. The Morgan fingerprint density at radius 3 is 3.13 bits per heavy atom. The van der Waals surface area contributed by atoms with Gasteiger partial charge >= 0.3 is 6.09 Å². The van der Waals surface area contributed by atoms with Crippen molar-refractivity contribution in [3.05, 3.63) is 28.3 Å². The number of rotatable bonds is 1. The van der Waals surface area contributed by atoms with Crippen molar-refractivity contribution in [1.29, 1.82) is 0 Å². The zero-order valence-electron chi connectivity index (χ0n) is 8.27. The first-order valence-corrected chi connectivity index (χ1v) is 4.97. The number of nitroso groups, excluding NO2 is 1. The van der Waals surface area contributed by atoms with E-state index in [9.17, 15) is 9.70 Å². The van der Waals surface area contributed by atoms with Crippen LogP contribution in [0.15, 0.2) is 23.4 Å². The van der Waals surface area contributed by atoms with E-state index in [2.05, 4.69) is 5.32 Å². The van der Waals surface area contributed by atoms with E-state index in [-0.39, 0.29) is 6.04 Å². The smallest absolute Gasteiger partial charge is 0.404 e. The van der Waals surface area contributed by atoms with Gasteiger partial charge in [0.1, 0.15) is 0 Å². The lowest BCUT2D eigenvalue weighted by Gasteiger charge is -2.25. The minimum absolute atomic E-state index is 0.0101. The van der Waals surface area contributed by atoms with Gasteiger partial charge < -0.3 is 10.4 Å². The van der Waals surface area contributed by atoms with Crippen molar-refractivity contribution in [3.63, 3.8) is 0 Å². The van der Waals surface area contributed by atoms with Crippen molar-refractivity contribution in [1.82, 2.24) is 5.32 Å². The van der Waals surface area contributed by atoms with E-state index in [0.717, 1.165) is 28.7 Å². The molecule has 5 heteroatoms. The van der Waals surface area contributed by atoms with Crippen molar-refractivity contribution < 1.29 is 14.7 Å². The van der Waals surface area contributed by atoms with E-state index in [1.165, 1.54) is 6.20 Å². The van der Waals surface area contributed by atoms with Crippen LogP contribution in [-0.4, -0.2) is 28.5 Å². The monoisotopic (exact) mass is 209 g/mol. The average molecular weight is 209 g/mol. The molecule has 2 aliphatic rings. The molecule has 15 heavy (non-hydrogen) atoms. The molecular formula is C10H13N2O3+. The van der Waals surface area contributed by atoms with Crippen LogP contribution in [0.5, 0.6) is 0 Å². The number of nitrogens with zero attached hydrogens (tertiary/aromatic N) is 1. The Bertz CT molecular complexity index is 371. The number of nitrogens with one attached hydrogen (secondary N) is 1. The standard InChI is InChI=1S/C10H12N2O3/c13-10(14)11-9-2-1-8-6-12(15)4-3-7(8)5-9/h3-4,9,11H,1-2,5-6H2/p+1. The van der Waals surface area contributed by atoms with Crippen molar-refractivity contribution >= 4 is 6.09 Å². The molecule has 1 amide bonds. The first-order valence-electron chi connectivity index (χ1n) is 4.97. The second-order valence-electron chi connectivity index (χ2n) is 3.91. The third-order valence-corrected chi connectivity index (χ3v) is 2.83. The average Bonchev–Trinajstić information content (AvgIpc) is 2.17. The normalized spacial score (nSPS) is 25.1. The van der Waals surface area contributed by atoms with E-state index in [1.54, 1.807) is 6.08 Å². The summed E-state index contributed by atoms with van der Waals surface area (Å²) in [5.41, 5.74) is 2.27. The highest BCUT2D eigenvalue weighted by molar-refractivity contribution is 5.65. The summed E-state index contributed by atoms with van der Waals surface area (Å²) in [6.07, 6.45) is 4.61. The Kier molecular flexibility index (Phi) is 2.53. The molecule has 0 aromatic heterocycles. The summed E-state index contributed by atoms with van der Waals surface area (Å²) >= 11 is 0. The Balaban J connectivity index is 2.05. The SMILES string of the molecule is O=C(O)NC1CCC2=C(C=C[N+](=O)C2)C1. The van der Waals surface area contributed by atoms with Gasteiger partial charge in [-0.3, -0.25) is 0 Å². The van der Waals surface area contributed by atoms with Crippen molar-refractivity contribution in [2.75, 3.05) is 6.54 Å². The summed E-state index contributed by atoms with van der Waals surface area (Å²) in [5, 5.41) is 11.1. The Labute approximate surface area is 87.0 Å². The van der Waals surface area contributed by atoms with Crippen LogP contribution < -0.4 is 5.32 Å². The highest BCUT2D eigenvalue weighted by Crippen LogP contribution is 2.28. The van der Waals surface area contributed by atoms with Crippen molar-refractivity contribution in [3.8, 4) is 0 Å². The number of allylic oxidation sites excluding steroid dienone is 1. The summed E-state index contributed by atoms with van der Waals surface area (Å²) in [7, 11) is 0. The number of hydrogen-bond donors (Lipinski definition) is 2. The zero-order chi connectivity index (χ0) is 10.8. The van der Waals surface area contributed by atoms with E-state index in [1.807, 2.05) is 0 Å². The third-order valence-electron chi connectivity index (χ3n) is 2.83. The van der Waals surface area contributed by atoms with Crippen LogP contribution in [0.1, 0.15) is 19.3 Å². The van der Waals surface area contributed by atoms with Gasteiger partial charge in [0.2, 0.25) is 12.7 Å². The topological polar surface area (TPSA) is 69.4 Å². The second-order valence-corrected chi connectivity index (χ2v) is 3.91. The Morgan fingerprint density at radius 1 is 1.60 bits per heavy atom. The summed E-state index contributed by atoms with van der Waals surface area (Å²) < 4.78 is 0.907. The first-order chi connectivity index (χ1) is 7.15. The third kappa shape index (κ3) is 2.23. The quantitative estimate of drug-likeness (QED) is 0.641. The molecule has 0 fully saturated rings. The van der Waals surface area contributed by atoms with Gasteiger partial charge in [-0.1, -0.05) is 0 Å². The first kappa shape index (κ1) is 9.89. The molecule has 0 bridgehead atoms. The largest absolute Gasteiger partial charge is 0.465 e. The van der Waals surface area contributed by atoms with Gasteiger partial charge in [0.05, 0.1) is 0 Å². The maximum absolute atomic E-state index is 11.1. The molecule has 1 aliphatic carbocycles. The lowest BCUT2D eigenvalue weighted by atomic mass is 9.87. The number of hydrogen-bond acceptors (Lipinski definition) is 2. The zero-order valence-corrected chi connectivity index (χ0v) is 8.27.